The van der Waals surface area contributed by atoms with E-state index in [-0.39, 0.29) is 30.8 Å². The molecule has 1 N–H and O–H groups in total. The van der Waals surface area contributed by atoms with Crippen molar-refractivity contribution in [3.05, 3.63) is 112 Å². The highest BCUT2D eigenvalue weighted by atomic mass is 35.5. The minimum absolute atomic E-state index is 0.0721. The molecule has 6 nitrogen and oxygen atoms in total. The normalized spacial score (nSPS) is 13.0. The maximum absolute atomic E-state index is 14.1. The third-order valence-electron chi connectivity index (χ3n) is 6.92. The van der Waals surface area contributed by atoms with Crippen LogP contribution < -0.4 is 10.2 Å². The molecule has 8 heteroatoms. The molecule has 0 radical (unpaired) electrons. The SMILES string of the molecule is CCNC(=O)[C@H](Cc1ccccc1)N(Cc1ccc(Cl)cc1Cl)C(=O)CN1C(=O)c2cccc3cccc1c23. The number of nitrogens with one attached hydrogen (secondary N) is 1. The quantitative estimate of drug-likeness (QED) is 0.278. The first-order valence-corrected chi connectivity index (χ1v) is 13.5. The molecule has 198 valence electrons. The Hall–Kier alpha value is -3.87. The second-order valence-electron chi connectivity index (χ2n) is 9.43. The fraction of sp³-hybridized carbons (Fsp3) is 0.194. The van der Waals surface area contributed by atoms with Crippen LogP contribution in [0.2, 0.25) is 10.0 Å². The van der Waals surface area contributed by atoms with Gasteiger partial charge in [-0.2, -0.15) is 0 Å². The highest BCUT2D eigenvalue weighted by molar-refractivity contribution is 6.35. The third kappa shape index (κ3) is 5.49. The number of carbonyl (C=O) groups is 3. The van der Waals surface area contributed by atoms with Gasteiger partial charge < -0.3 is 10.2 Å². The first kappa shape index (κ1) is 26.7. The molecule has 4 aromatic rings. The van der Waals surface area contributed by atoms with Crippen LogP contribution in [0.3, 0.4) is 0 Å². The predicted octanol–water partition coefficient (Wildman–Crippen LogP) is 5.88. The van der Waals surface area contributed by atoms with Crippen LogP contribution in [-0.2, 0) is 22.6 Å². The van der Waals surface area contributed by atoms with Crippen LogP contribution in [0.4, 0.5) is 5.69 Å². The van der Waals surface area contributed by atoms with Gasteiger partial charge in [-0.15, -0.1) is 0 Å². The first-order valence-electron chi connectivity index (χ1n) is 12.8. The number of rotatable bonds is 9. The van der Waals surface area contributed by atoms with Gasteiger partial charge in [-0.3, -0.25) is 19.3 Å². The van der Waals surface area contributed by atoms with Crippen molar-refractivity contribution in [2.75, 3.05) is 18.0 Å². The summed E-state index contributed by atoms with van der Waals surface area (Å²) >= 11 is 12.6. The molecule has 1 aliphatic rings. The Labute approximate surface area is 237 Å². The molecule has 1 atom stereocenters. The molecule has 0 fully saturated rings. The van der Waals surface area contributed by atoms with Crippen molar-refractivity contribution in [1.29, 1.82) is 0 Å². The molecule has 5 rings (SSSR count). The van der Waals surface area contributed by atoms with E-state index in [9.17, 15) is 14.4 Å². The van der Waals surface area contributed by atoms with E-state index in [1.165, 1.54) is 9.80 Å². The Bertz CT molecular complexity index is 1550. The van der Waals surface area contributed by atoms with Gasteiger partial charge >= 0.3 is 0 Å². The van der Waals surface area contributed by atoms with Crippen molar-refractivity contribution in [2.45, 2.75) is 25.9 Å². The van der Waals surface area contributed by atoms with E-state index in [1.54, 1.807) is 24.3 Å². The number of likely N-dealkylation sites (N-methyl/N-ethyl adjacent to an activating group) is 1. The Morgan fingerprint density at radius 3 is 2.41 bits per heavy atom. The van der Waals surface area contributed by atoms with Gasteiger partial charge in [0.25, 0.3) is 5.91 Å². The van der Waals surface area contributed by atoms with Crippen LogP contribution in [0.25, 0.3) is 10.8 Å². The van der Waals surface area contributed by atoms with Gasteiger partial charge in [-0.25, -0.2) is 0 Å². The zero-order valence-corrected chi connectivity index (χ0v) is 22.9. The molecule has 1 aliphatic heterocycles. The van der Waals surface area contributed by atoms with Crippen LogP contribution in [0, 0.1) is 0 Å². The first-order chi connectivity index (χ1) is 18.9. The highest BCUT2D eigenvalue weighted by Gasteiger charge is 2.36. The van der Waals surface area contributed by atoms with Gasteiger partial charge in [0.1, 0.15) is 12.6 Å². The lowest BCUT2D eigenvalue weighted by Gasteiger charge is -2.33. The maximum atomic E-state index is 14.1. The minimum Gasteiger partial charge on any atom is -0.355 e. The van der Waals surface area contributed by atoms with Crippen molar-refractivity contribution in [2.24, 2.45) is 0 Å². The Balaban J connectivity index is 1.52. The molecule has 0 aromatic heterocycles. The van der Waals surface area contributed by atoms with E-state index in [0.29, 0.717) is 39.8 Å². The van der Waals surface area contributed by atoms with Crippen molar-refractivity contribution in [1.82, 2.24) is 10.2 Å². The lowest BCUT2D eigenvalue weighted by atomic mass is 10.0. The number of halogens is 2. The number of hydrogen-bond donors (Lipinski definition) is 1. The summed E-state index contributed by atoms with van der Waals surface area (Å²) < 4.78 is 0. The van der Waals surface area contributed by atoms with Crippen LogP contribution in [-0.4, -0.2) is 41.8 Å². The number of amides is 3. The van der Waals surface area contributed by atoms with Crippen molar-refractivity contribution >= 4 is 57.4 Å². The molecule has 0 saturated carbocycles. The zero-order chi connectivity index (χ0) is 27.5. The lowest BCUT2D eigenvalue weighted by molar-refractivity contribution is -0.140. The van der Waals surface area contributed by atoms with E-state index in [2.05, 4.69) is 5.32 Å². The summed E-state index contributed by atoms with van der Waals surface area (Å²) in [5.74, 6) is -0.887. The largest absolute Gasteiger partial charge is 0.355 e. The summed E-state index contributed by atoms with van der Waals surface area (Å²) in [6, 6.07) is 25.0. The summed E-state index contributed by atoms with van der Waals surface area (Å²) in [6.07, 6.45) is 0.299. The molecule has 0 spiro atoms. The fourth-order valence-corrected chi connectivity index (χ4v) is 5.51. The topological polar surface area (TPSA) is 69.7 Å². The number of carbonyl (C=O) groups excluding carboxylic acids is 3. The summed E-state index contributed by atoms with van der Waals surface area (Å²) in [7, 11) is 0. The summed E-state index contributed by atoms with van der Waals surface area (Å²) in [4.78, 5) is 44.0. The molecule has 0 aliphatic carbocycles. The van der Waals surface area contributed by atoms with Crippen molar-refractivity contribution in [3.63, 3.8) is 0 Å². The summed E-state index contributed by atoms with van der Waals surface area (Å²) in [6.45, 7) is 2.10. The molecular weight excluding hydrogens is 533 g/mol. The number of nitrogens with zero attached hydrogens (tertiary/aromatic N) is 2. The van der Waals surface area contributed by atoms with Gasteiger partial charge in [-0.1, -0.05) is 83.9 Å². The highest BCUT2D eigenvalue weighted by Crippen LogP contribution is 2.37. The second kappa shape index (κ2) is 11.5. The molecule has 39 heavy (non-hydrogen) atoms. The summed E-state index contributed by atoms with van der Waals surface area (Å²) in [5, 5.41) is 5.50. The lowest BCUT2D eigenvalue weighted by Crippen LogP contribution is -2.53. The monoisotopic (exact) mass is 559 g/mol. The van der Waals surface area contributed by atoms with Gasteiger partial charge in [0, 0.05) is 40.5 Å². The second-order valence-corrected chi connectivity index (χ2v) is 10.3. The fourth-order valence-electron chi connectivity index (χ4n) is 5.04. The predicted molar refractivity (Wildman–Crippen MR) is 155 cm³/mol. The van der Waals surface area contributed by atoms with Crippen LogP contribution in [0.15, 0.2) is 84.9 Å². The molecule has 0 bridgehead atoms. The molecule has 0 unspecified atom stereocenters. The smallest absolute Gasteiger partial charge is 0.259 e. The molecular formula is C31H27Cl2N3O3. The van der Waals surface area contributed by atoms with Crippen LogP contribution in [0.1, 0.15) is 28.4 Å². The zero-order valence-electron chi connectivity index (χ0n) is 21.4. The maximum Gasteiger partial charge on any atom is 0.259 e. The molecule has 3 amide bonds. The van der Waals surface area contributed by atoms with Gasteiger partial charge in [0.05, 0.1) is 5.69 Å². The van der Waals surface area contributed by atoms with E-state index < -0.39 is 6.04 Å². The number of anilines is 1. The van der Waals surface area contributed by atoms with Crippen molar-refractivity contribution in [3.8, 4) is 0 Å². The van der Waals surface area contributed by atoms with E-state index in [0.717, 1.165) is 16.3 Å². The standard InChI is InChI=1S/C31H27Cl2N3O3/c1-2-34-30(38)27(16-20-8-4-3-5-9-20)35(18-22-14-15-23(32)17-25(22)33)28(37)19-36-26-13-7-11-21-10-6-12-24(29(21)26)31(36)39/h3-15,17,27H,2,16,18-19H2,1H3,(H,34,38)/t27-/m0/s1. The van der Waals surface area contributed by atoms with Gasteiger partial charge in [0.2, 0.25) is 11.8 Å². The van der Waals surface area contributed by atoms with Crippen LogP contribution in [0.5, 0.6) is 0 Å². The summed E-state index contributed by atoms with van der Waals surface area (Å²) in [5.41, 5.74) is 2.80. The average Bonchev–Trinajstić information content (AvgIpc) is 3.20. The minimum atomic E-state index is -0.831. The third-order valence-corrected chi connectivity index (χ3v) is 7.51. The van der Waals surface area contributed by atoms with E-state index >= 15 is 0 Å². The Morgan fingerprint density at radius 2 is 1.69 bits per heavy atom. The molecule has 4 aromatic carbocycles. The van der Waals surface area contributed by atoms with Gasteiger partial charge in [-0.05, 0) is 47.7 Å². The molecule has 1 heterocycles. The average molecular weight is 560 g/mol. The van der Waals surface area contributed by atoms with E-state index in [1.807, 2.05) is 67.6 Å². The van der Waals surface area contributed by atoms with Crippen LogP contribution >= 0.6 is 23.2 Å². The number of hydrogen-bond acceptors (Lipinski definition) is 3. The number of benzene rings is 4. The Morgan fingerprint density at radius 1 is 0.949 bits per heavy atom. The van der Waals surface area contributed by atoms with Crippen molar-refractivity contribution < 1.29 is 14.4 Å². The van der Waals surface area contributed by atoms with Gasteiger partial charge in [0.15, 0.2) is 0 Å². The molecule has 0 saturated heterocycles. The Kier molecular flexibility index (Phi) is 7.87. The van der Waals surface area contributed by atoms with E-state index in [4.69, 9.17) is 23.2 Å².